The van der Waals surface area contributed by atoms with Crippen LogP contribution in [0.4, 0.5) is 0 Å². The van der Waals surface area contributed by atoms with Crippen molar-refractivity contribution in [3.05, 3.63) is 17.3 Å². The van der Waals surface area contributed by atoms with E-state index in [9.17, 15) is 0 Å². The summed E-state index contributed by atoms with van der Waals surface area (Å²) in [6, 6.07) is 0. The second kappa shape index (κ2) is 2.77. The molecule has 74 valence electrons. The molecule has 2 aromatic rings. The van der Waals surface area contributed by atoms with E-state index in [4.69, 9.17) is 0 Å². The van der Waals surface area contributed by atoms with Gasteiger partial charge in [-0.3, -0.25) is 4.57 Å². The van der Waals surface area contributed by atoms with Crippen molar-refractivity contribution < 1.29 is 4.57 Å². The summed E-state index contributed by atoms with van der Waals surface area (Å²) >= 11 is 0. The average Bonchev–Trinajstić information content (AvgIpc) is 2.42. The van der Waals surface area contributed by atoms with Crippen molar-refractivity contribution in [2.24, 2.45) is 14.1 Å². The van der Waals surface area contributed by atoms with Crippen LogP contribution in [0.2, 0.25) is 0 Å². The lowest BCUT2D eigenvalue weighted by Gasteiger charge is -1.98. The Hall–Kier alpha value is -1.45. The van der Waals surface area contributed by atoms with Gasteiger partial charge in [0.1, 0.15) is 11.5 Å². The molecule has 0 saturated heterocycles. The van der Waals surface area contributed by atoms with Crippen LogP contribution in [0.1, 0.15) is 17.3 Å². The van der Waals surface area contributed by atoms with Gasteiger partial charge >= 0.3 is 0 Å². The van der Waals surface area contributed by atoms with E-state index in [1.165, 1.54) is 0 Å². The second-order valence-corrected chi connectivity index (χ2v) is 3.69. The summed E-state index contributed by atoms with van der Waals surface area (Å²) in [6.45, 7) is 6.08. The number of rotatable bonds is 0. The number of aryl methyl sites for hydroxylation is 4. The number of hydrogen-bond acceptors (Lipinski definition) is 2. The van der Waals surface area contributed by atoms with Gasteiger partial charge in [-0.1, -0.05) is 0 Å². The molecule has 0 spiro atoms. The molecule has 0 unspecified atom stereocenters. The van der Waals surface area contributed by atoms with Crippen molar-refractivity contribution in [2.45, 2.75) is 20.8 Å². The number of fused-ring (bicyclic) bond motifs is 1. The van der Waals surface area contributed by atoms with Gasteiger partial charge in [0.25, 0.3) is 11.5 Å². The topological polar surface area (TPSA) is 34.6 Å². The van der Waals surface area contributed by atoms with Crippen LogP contribution in [0.25, 0.3) is 11.2 Å². The maximum atomic E-state index is 4.52. The summed E-state index contributed by atoms with van der Waals surface area (Å²) in [5.41, 5.74) is 3.13. The fourth-order valence-electron chi connectivity index (χ4n) is 1.60. The van der Waals surface area contributed by atoms with Gasteiger partial charge in [-0.15, -0.1) is 0 Å². The lowest BCUT2D eigenvalue weighted by Crippen LogP contribution is -2.37. The van der Waals surface area contributed by atoms with E-state index in [0.29, 0.717) is 0 Å². The molecule has 0 aromatic carbocycles. The average molecular weight is 191 g/mol. The minimum absolute atomic E-state index is 0.968. The minimum Gasteiger partial charge on any atom is -0.295 e. The summed E-state index contributed by atoms with van der Waals surface area (Å²) < 4.78 is 4.09. The SMILES string of the molecule is Cc1nc2c(C)[n+](C)c(C)nc2n1C. The van der Waals surface area contributed by atoms with Crippen molar-refractivity contribution in [1.29, 1.82) is 0 Å². The van der Waals surface area contributed by atoms with Gasteiger partial charge in [0, 0.05) is 20.9 Å². The van der Waals surface area contributed by atoms with Crippen LogP contribution in [0.3, 0.4) is 0 Å². The summed E-state index contributed by atoms with van der Waals surface area (Å²) in [5, 5.41) is 0. The van der Waals surface area contributed by atoms with Crippen LogP contribution >= 0.6 is 0 Å². The van der Waals surface area contributed by atoms with Crippen molar-refractivity contribution in [2.75, 3.05) is 0 Å². The van der Waals surface area contributed by atoms with Crippen LogP contribution in [0, 0.1) is 20.8 Å². The van der Waals surface area contributed by atoms with Crippen LogP contribution in [0.5, 0.6) is 0 Å². The molecule has 0 radical (unpaired) electrons. The molecule has 0 aliphatic heterocycles. The molecule has 4 nitrogen and oxygen atoms in total. The summed E-state index contributed by atoms with van der Waals surface area (Å²) in [7, 11) is 4.01. The van der Waals surface area contributed by atoms with E-state index in [1.807, 2.05) is 32.5 Å². The van der Waals surface area contributed by atoms with Crippen molar-refractivity contribution >= 4 is 11.2 Å². The zero-order valence-electron chi connectivity index (χ0n) is 9.29. The standard InChI is InChI=1S/C10H15N4/c1-6-9-10(12-8(3)13(6)4)14(5)7(2)11-9/h1-5H3/q+1. The Morgan fingerprint density at radius 2 is 1.79 bits per heavy atom. The third-order valence-corrected chi connectivity index (χ3v) is 2.89. The highest BCUT2D eigenvalue weighted by Crippen LogP contribution is 2.13. The molecule has 0 aliphatic carbocycles. The second-order valence-electron chi connectivity index (χ2n) is 3.69. The monoisotopic (exact) mass is 191 g/mol. The Morgan fingerprint density at radius 1 is 1.14 bits per heavy atom. The molecule has 0 amide bonds. The number of nitrogens with zero attached hydrogens (tertiary/aromatic N) is 4. The van der Waals surface area contributed by atoms with Gasteiger partial charge in [0.05, 0.1) is 7.05 Å². The zero-order valence-corrected chi connectivity index (χ0v) is 9.29. The van der Waals surface area contributed by atoms with Crippen LogP contribution in [0.15, 0.2) is 0 Å². The van der Waals surface area contributed by atoms with Gasteiger partial charge in [0.2, 0.25) is 0 Å². The first-order valence-electron chi connectivity index (χ1n) is 4.68. The first-order chi connectivity index (χ1) is 6.52. The zero-order chi connectivity index (χ0) is 10.5. The van der Waals surface area contributed by atoms with E-state index in [2.05, 4.69) is 21.5 Å². The fraction of sp³-hybridized carbons (Fsp3) is 0.500. The summed E-state index contributed by atoms with van der Waals surface area (Å²) in [5.74, 6) is 2.01. The van der Waals surface area contributed by atoms with Gasteiger partial charge < -0.3 is 0 Å². The number of hydrogen-bond donors (Lipinski definition) is 0. The predicted molar refractivity (Wildman–Crippen MR) is 53.9 cm³/mol. The maximum Gasteiger partial charge on any atom is 0.298 e. The molecule has 0 fully saturated rings. The predicted octanol–water partition coefficient (Wildman–Crippen LogP) is 0.718. The van der Waals surface area contributed by atoms with Gasteiger partial charge in [-0.05, 0) is 11.9 Å². The molecule has 0 N–H and O–H groups in total. The van der Waals surface area contributed by atoms with Crippen LogP contribution < -0.4 is 4.57 Å². The molecular formula is C10H15N4+. The first-order valence-corrected chi connectivity index (χ1v) is 4.68. The van der Waals surface area contributed by atoms with E-state index < -0.39 is 0 Å². The Kier molecular flexibility index (Phi) is 1.80. The molecule has 0 atom stereocenters. The Balaban J connectivity index is 2.98. The Bertz CT molecular complexity index is 511. The van der Waals surface area contributed by atoms with Gasteiger partial charge in [-0.2, -0.15) is 0 Å². The van der Waals surface area contributed by atoms with Gasteiger partial charge in [-0.25, -0.2) is 9.55 Å². The minimum atomic E-state index is 0.968. The molecule has 0 bridgehead atoms. The van der Waals surface area contributed by atoms with E-state index in [0.717, 1.165) is 28.5 Å². The number of aromatic nitrogens is 4. The highest BCUT2D eigenvalue weighted by atomic mass is 15.2. The van der Waals surface area contributed by atoms with E-state index in [-0.39, 0.29) is 0 Å². The van der Waals surface area contributed by atoms with Gasteiger partial charge in [0.15, 0.2) is 5.52 Å². The highest BCUT2D eigenvalue weighted by Gasteiger charge is 2.18. The molecule has 2 aromatic heterocycles. The van der Waals surface area contributed by atoms with E-state index in [1.54, 1.807) is 0 Å². The third-order valence-electron chi connectivity index (χ3n) is 2.89. The molecule has 0 saturated carbocycles. The molecule has 4 heteroatoms. The quantitative estimate of drug-likeness (QED) is 0.575. The summed E-state index contributed by atoms with van der Waals surface area (Å²) in [4.78, 5) is 9.01. The summed E-state index contributed by atoms with van der Waals surface area (Å²) in [6.07, 6.45) is 0. The first kappa shape index (κ1) is 9.12. The lowest BCUT2D eigenvalue weighted by molar-refractivity contribution is -0.685. The van der Waals surface area contributed by atoms with E-state index >= 15 is 0 Å². The Labute approximate surface area is 83.2 Å². The number of imidazole rings is 1. The molecule has 0 aliphatic rings. The fourth-order valence-corrected chi connectivity index (χ4v) is 1.60. The van der Waals surface area contributed by atoms with Crippen molar-refractivity contribution in [3.8, 4) is 0 Å². The van der Waals surface area contributed by atoms with Crippen molar-refractivity contribution in [3.63, 3.8) is 0 Å². The molecule has 2 rings (SSSR count). The largest absolute Gasteiger partial charge is 0.298 e. The Morgan fingerprint density at radius 3 is 2.43 bits per heavy atom. The van der Waals surface area contributed by atoms with Crippen LogP contribution in [-0.4, -0.2) is 14.5 Å². The molecule has 2 heterocycles. The maximum absolute atomic E-state index is 4.52. The smallest absolute Gasteiger partial charge is 0.295 e. The molecule has 14 heavy (non-hydrogen) atoms. The molecular weight excluding hydrogens is 176 g/mol. The van der Waals surface area contributed by atoms with Crippen molar-refractivity contribution in [1.82, 2.24) is 14.5 Å². The van der Waals surface area contributed by atoms with Crippen LogP contribution in [-0.2, 0) is 14.1 Å². The lowest BCUT2D eigenvalue weighted by atomic mass is 10.3. The third kappa shape index (κ3) is 1.03. The normalized spacial score (nSPS) is 11.2. The highest BCUT2D eigenvalue weighted by molar-refractivity contribution is 5.72.